The van der Waals surface area contributed by atoms with Crippen molar-refractivity contribution in [3.63, 3.8) is 0 Å². The van der Waals surface area contributed by atoms with Gasteiger partial charge in [0.05, 0.1) is 25.2 Å². The monoisotopic (exact) mass is 162 g/mol. The molecule has 0 fully saturated rings. The fourth-order valence-electron chi connectivity index (χ4n) is 0.790. The van der Waals surface area contributed by atoms with Crippen LogP contribution in [0.25, 0.3) is 0 Å². The molecule has 0 aromatic carbocycles. The van der Waals surface area contributed by atoms with Crippen molar-refractivity contribution in [2.24, 2.45) is 5.41 Å². The summed E-state index contributed by atoms with van der Waals surface area (Å²) < 4.78 is 0. The van der Waals surface area contributed by atoms with Gasteiger partial charge in [-0.1, -0.05) is 6.92 Å². The maximum absolute atomic E-state index is 11.0. The first-order valence-corrected chi connectivity index (χ1v) is 3.52. The molecule has 0 aliphatic carbocycles. The number of ketones is 1. The first kappa shape index (κ1) is 10.6. The summed E-state index contributed by atoms with van der Waals surface area (Å²) in [5, 5.41) is 26.2. The fourth-order valence-corrected chi connectivity index (χ4v) is 0.790. The molecule has 4 nitrogen and oxygen atoms in total. The summed E-state index contributed by atoms with van der Waals surface area (Å²) in [6.45, 7) is 0.101. The Hall–Kier alpha value is -0.450. The zero-order valence-corrected chi connectivity index (χ0v) is 6.58. The largest absolute Gasteiger partial charge is 0.395 e. The van der Waals surface area contributed by atoms with E-state index in [0.29, 0.717) is 0 Å². The first-order chi connectivity index (χ1) is 5.16. The van der Waals surface area contributed by atoms with E-state index in [9.17, 15) is 4.79 Å². The van der Waals surface area contributed by atoms with Crippen LogP contribution in [0, 0.1) is 5.41 Å². The van der Waals surface area contributed by atoms with Gasteiger partial charge in [-0.25, -0.2) is 0 Å². The van der Waals surface area contributed by atoms with Gasteiger partial charge in [0.15, 0.2) is 0 Å². The third-order valence-corrected chi connectivity index (χ3v) is 1.82. The second kappa shape index (κ2) is 4.43. The summed E-state index contributed by atoms with van der Waals surface area (Å²) in [6, 6.07) is 0. The van der Waals surface area contributed by atoms with Gasteiger partial charge in [0.2, 0.25) is 0 Å². The summed E-state index contributed by atoms with van der Waals surface area (Å²) in [4.78, 5) is 11.0. The predicted octanol–water partition coefficient (Wildman–Crippen LogP) is -1.07. The van der Waals surface area contributed by atoms with Crippen molar-refractivity contribution in [3.8, 4) is 0 Å². The number of rotatable bonds is 5. The lowest BCUT2D eigenvalue weighted by Crippen LogP contribution is -2.41. The topological polar surface area (TPSA) is 77.8 Å². The minimum Gasteiger partial charge on any atom is -0.395 e. The summed E-state index contributed by atoms with van der Waals surface area (Å²) >= 11 is 0. The second-order valence-corrected chi connectivity index (χ2v) is 2.53. The molecule has 0 aliphatic rings. The van der Waals surface area contributed by atoms with Crippen LogP contribution < -0.4 is 0 Å². The third-order valence-electron chi connectivity index (χ3n) is 1.82. The molecule has 0 aliphatic heterocycles. The minimum absolute atomic E-state index is 0.210. The molecule has 0 rings (SSSR count). The van der Waals surface area contributed by atoms with Crippen molar-refractivity contribution in [3.05, 3.63) is 0 Å². The van der Waals surface area contributed by atoms with E-state index < -0.39 is 25.2 Å². The average Bonchev–Trinajstić information content (AvgIpc) is 2.08. The maximum atomic E-state index is 11.0. The number of aliphatic hydroxyl groups excluding tert-OH is 3. The van der Waals surface area contributed by atoms with Crippen LogP contribution >= 0.6 is 0 Å². The quantitative estimate of drug-likeness (QED) is 0.481. The number of aliphatic hydroxyl groups is 3. The van der Waals surface area contributed by atoms with Crippen molar-refractivity contribution >= 4 is 5.78 Å². The highest BCUT2D eigenvalue weighted by Crippen LogP contribution is 2.17. The van der Waals surface area contributed by atoms with Crippen molar-refractivity contribution in [2.75, 3.05) is 19.8 Å². The standard InChI is InChI=1S/C7H14O4/c1-2-6(11)7(3-8,4-9)5-10/h8-10H,2-5H2,1H3. The van der Waals surface area contributed by atoms with Crippen LogP contribution in [-0.4, -0.2) is 40.9 Å². The van der Waals surface area contributed by atoms with E-state index in [1.54, 1.807) is 6.92 Å². The Bertz CT molecular complexity index is 120. The molecule has 0 radical (unpaired) electrons. The van der Waals surface area contributed by atoms with E-state index in [-0.39, 0.29) is 12.2 Å². The Morgan fingerprint density at radius 2 is 1.55 bits per heavy atom. The van der Waals surface area contributed by atoms with Gasteiger partial charge >= 0.3 is 0 Å². The smallest absolute Gasteiger partial charge is 0.145 e. The van der Waals surface area contributed by atoms with Crippen molar-refractivity contribution in [1.82, 2.24) is 0 Å². The molecule has 3 N–H and O–H groups in total. The first-order valence-electron chi connectivity index (χ1n) is 3.52. The van der Waals surface area contributed by atoms with Gasteiger partial charge in [0, 0.05) is 6.42 Å². The number of Topliss-reactive ketones (excluding diaryl/α,β-unsaturated/α-hetero) is 1. The maximum Gasteiger partial charge on any atom is 0.145 e. The highest BCUT2D eigenvalue weighted by Gasteiger charge is 2.34. The lowest BCUT2D eigenvalue weighted by atomic mass is 9.85. The molecule has 66 valence electrons. The second-order valence-electron chi connectivity index (χ2n) is 2.53. The fraction of sp³-hybridized carbons (Fsp3) is 0.857. The molecule has 0 saturated carbocycles. The molecule has 0 aromatic rings. The highest BCUT2D eigenvalue weighted by atomic mass is 16.3. The molecule has 0 spiro atoms. The van der Waals surface area contributed by atoms with Gasteiger partial charge in [0.1, 0.15) is 5.78 Å². The van der Waals surface area contributed by atoms with Crippen LogP contribution in [0.15, 0.2) is 0 Å². The summed E-state index contributed by atoms with van der Waals surface area (Å²) in [5.41, 5.74) is -1.34. The van der Waals surface area contributed by atoms with E-state index in [1.807, 2.05) is 0 Å². The molecular weight excluding hydrogens is 148 g/mol. The van der Waals surface area contributed by atoms with Crippen molar-refractivity contribution in [2.45, 2.75) is 13.3 Å². The van der Waals surface area contributed by atoms with E-state index in [0.717, 1.165) is 0 Å². The molecule has 0 heterocycles. The molecule has 0 bridgehead atoms. The van der Waals surface area contributed by atoms with Crippen LogP contribution in [0.5, 0.6) is 0 Å². The SMILES string of the molecule is CCC(=O)C(CO)(CO)CO. The van der Waals surface area contributed by atoms with Crippen LogP contribution in [-0.2, 0) is 4.79 Å². The number of carbonyl (C=O) groups excluding carboxylic acids is 1. The molecule has 0 aromatic heterocycles. The molecular formula is C7H14O4. The van der Waals surface area contributed by atoms with E-state index in [1.165, 1.54) is 0 Å². The summed E-state index contributed by atoms with van der Waals surface area (Å²) in [6.07, 6.45) is 0.210. The lowest BCUT2D eigenvalue weighted by Gasteiger charge is -2.24. The van der Waals surface area contributed by atoms with Crippen molar-refractivity contribution < 1.29 is 20.1 Å². The highest BCUT2D eigenvalue weighted by molar-refractivity contribution is 5.84. The Labute approximate surface area is 65.5 Å². The molecule has 11 heavy (non-hydrogen) atoms. The van der Waals surface area contributed by atoms with Crippen LogP contribution in [0.4, 0.5) is 0 Å². The van der Waals surface area contributed by atoms with Gasteiger partial charge in [0.25, 0.3) is 0 Å². The van der Waals surface area contributed by atoms with Gasteiger partial charge in [-0.2, -0.15) is 0 Å². The molecule has 4 heteroatoms. The van der Waals surface area contributed by atoms with Gasteiger partial charge in [-0.15, -0.1) is 0 Å². The molecule has 0 unspecified atom stereocenters. The molecule has 0 saturated heterocycles. The summed E-state index contributed by atoms with van der Waals surface area (Å²) in [5.74, 6) is -0.315. The number of hydrogen-bond acceptors (Lipinski definition) is 4. The van der Waals surface area contributed by atoms with E-state index in [2.05, 4.69) is 0 Å². The Kier molecular flexibility index (Phi) is 4.25. The molecule has 0 atom stereocenters. The minimum atomic E-state index is -1.34. The Balaban J connectivity index is 4.39. The van der Waals surface area contributed by atoms with E-state index >= 15 is 0 Å². The summed E-state index contributed by atoms with van der Waals surface area (Å²) in [7, 11) is 0. The molecule has 0 amide bonds. The predicted molar refractivity (Wildman–Crippen MR) is 39.0 cm³/mol. The van der Waals surface area contributed by atoms with Gasteiger partial charge < -0.3 is 15.3 Å². The van der Waals surface area contributed by atoms with Crippen LogP contribution in [0.3, 0.4) is 0 Å². The van der Waals surface area contributed by atoms with Crippen LogP contribution in [0.1, 0.15) is 13.3 Å². The zero-order chi connectivity index (χ0) is 8.91. The van der Waals surface area contributed by atoms with Crippen molar-refractivity contribution in [1.29, 1.82) is 0 Å². The normalized spacial score (nSPS) is 11.6. The zero-order valence-electron chi connectivity index (χ0n) is 6.58. The van der Waals surface area contributed by atoms with Gasteiger partial charge in [-0.3, -0.25) is 4.79 Å². The average molecular weight is 162 g/mol. The third kappa shape index (κ3) is 1.99. The lowest BCUT2D eigenvalue weighted by molar-refractivity contribution is -0.136. The van der Waals surface area contributed by atoms with Crippen LogP contribution in [0.2, 0.25) is 0 Å². The Morgan fingerprint density at radius 3 is 1.64 bits per heavy atom. The Morgan fingerprint density at radius 1 is 1.18 bits per heavy atom. The van der Waals surface area contributed by atoms with E-state index in [4.69, 9.17) is 15.3 Å². The van der Waals surface area contributed by atoms with Gasteiger partial charge in [-0.05, 0) is 0 Å². The number of carbonyl (C=O) groups is 1. The number of hydrogen-bond donors (Lipinski definition) is 3.